The fraction of sp³-hybridized carbons (Fsp3) is 0.588. The van der Waals surface area contributed by atoms with Crippen molar-refractivity contribution in [2.75, 3.05) is 27.2 Å². The van der Waals surface area contributed by atoms with Gasteiger partial charge in [0.15, 0.2) is 0 Å². The minimum absolute atomic E-state index is 0. The number of rotatable bonds is 6. The van der Waals surface area contributed by atoms with Crippen molar-refractivity contribution in [2.24, 2.45) is 17.6 Å². The van der Waals surface area contributed by atoms with Gasteiger partial charge in [-0.2, -0.15) is 0 Å². The van der Waals surface area contributed by atoms with Crippen LogP contribution in [0.25, 0.3) is 0 Å². The molecule has 1 aromatic carbocycles. The number of benzene rings is 1. The highest BCUT2D eigenvalue weighted by Crippen LogP contribution is 2.31. The van der Waals surface area contributed by atoms with Gasteiger partial charge < -0.3 is 16.0 Å². The predicted molar refractivity (Wildman–Crippen MR) is 105 cm³/mol. The Labute approximate surface area is 162 Å². The summed E-state index contributed by atoms with van der Waals surface area (Å²) in [7, 11) is 4.00. The second-order valence-electron chi connectivity index (χ2n) is 6.28. The van der Waals surface area contributed by atoms with Crippen molar-refractivity contribution in [3.8, 4) is 0 Å². The van der Waals surface area contributed by atoms with Gasteiger partial charge in [-0.3, -0.25) is 4.79 Å². The van der Waals surface area contributed by atoms with Crippen LogP contribution < -0.4 is 11.1 Å². The van der Waals surface area contributed by atoms with E-state index in [9.17, 15) is 4.79 Å². The van der Waals surface area contributed by atoms with E-state index in [1.54, 1.807) is 0 Å². The second-order valence-corrected chi connectivity index (χ2v) is 6.69. The van der Waals surface area contributed by atoms with Gasteiger partial charge in [-0.15, -0.1) is 24.8 Å². The summed E-state index contributed by atoms with van der Waals surface area (Å²) in [4.78, 5) is 14.5. The summed E-state index contributed by atoms with van der Waals surface area (Å²) in [6.45, 7) is 1.16. The third-order valence-corrected chi connectivity index (χ3v) is 5.00. The molecule has 1 unspecified atom stereocenters. The van der Waals surface area contributed by atoms with Crippen molar-refractivity contribution in [3.63, 3.8) is 0 Å². The SMILES string of the molecule is CN(C)C(CNC(=O)[C@@H]1CCC[C@@H]1CN)c1ccccc1Cl.Cl.Cl. The van der Waals surface area contributed by atoms with E-state index in [0.717, 1.165) is 29.8 Å². The molecule has 0 saturated heterocycles. The van der Waals surface area contributed by atoms with Gasteiger partial charge >= 0.3 is 0 Å². The molecule has 0 aliphatic heterocycles. The van der Waals surface area contributed by atoms with Crippen LogP contribution in [0.4, 0.5) is 0 Å². The number of halogens is 3. The number of carbonyl (C=O) groups excluding carboxylic acids is 1. The number of nitrogens with zero attached hydrogens (tertiary/aromatic N) is 1. The molecule has 24 heavy (non-hydrogen) atoms. The molecule has 1 saturated carbocycles. The zero-order valence-corrected chi connectivity index (χ0v) is 16.6. The van der Waals surface area contributed by atoms with Gasteiger partial charge in [0.2, 0.25) is 5.91 Å². The number of amides is 1. The van der Waals surface area contributed by atoms with Crippen LogP contribution in [0, 0.1) is 11.8 Å². The highest BCUT2D eigenvalue weighted by molar-refractivity contribution is 6.31. The Bertz CT molecular complexity index is 514. The first-order valence-electron chi connectivity index (χ1n) is 7.93. The highest BCUT2D eigenvalue weighted by Gasteiger charge is 2.32. The van der Waals surface area contributed by atoms with E-state index in [4.69, 9.17) is 17.3 Å². The fourth-order valence-electron chi connectivity index (χ4n) is 3.31. The standard InChI is InChI=1S/C17H26ClN3O.2ClH/c1-21(2)16(14-7-3-4-9-15(14)18)11-20-17(22)13-8-5-6-12(13)10-19;;/h3-4,7,9,12-13,16H,5-6,8,10-11,19H2,1-2H3,(H,20,22);2*1H/t12-,13-,16?;;/m1../s1. The molecule has 1 fully saturated rings. The Balaban J connectivity index is 0.00000264. The van der Waals surface area contributed by atoms with E-state index in [-0.39, 0.29) is 42.7 Å². The molecule has 3 N–H and O–H groups in total. The lowest BCUT2D eigenvalue weighted by molar-refractivity contribution is -0.126. The molecule has 0 aromatic heterocycles. The van der Waals surface area contributed by atoms with Gasteiger partial charge in [0.05, 0.1) is 6.04 Å². The highest BCUT2D eigenvalue weighted by atomic mass is 35.5. The van der Waals surface area contributed by atoms with Gasteiger partial charge in [0, 0.05) is 17.5 Å². The Kier molecular flexibility index (Phi) is 10.9. The topological polar surface area (TPSA) is 58.4 Å². The average molecular weight is 397 g/mol. The van der Waals surface area contributed by atoms with E-state index >= 15 is 0 Å². The molecule has 7 heteroatoms. The Morgan fingerprint density at radius 1 is 1.33 bits per heavy atom. The third kappa shape index (κ3) is 5.78. The van der Waals surface area contributed by atoms with Gasteiger partial charge in [-0.05, 0) is 51.0 Å². The normalized spacial score (nSPS) is 20.9. The minimum Gasteiger partial charge on any atom is -0.354 e. The van der Waals surface area contributed by atoms with Crippen LogP contribution in [-0.4, -0.2) is 38.0 Å². The summed E-state index contributed by atoms with van der Waals surface area (Å²) in [6, 6.07) is 7.85. The maximum Gasteiger partial charge on any atom is 0.223 e. The molecule has 2 rings (SSSR count). The number of nitrogens with one attached hydrogen (secondary N) is 1. The van der Waals surface area contributed by atoms with E-state index in [0.29, 0.717) is 19.0 Å². The zero-order chi connectivity index (χ0) is 16.1. The largest absolute Gasteiger partial charge is 0.354 e. The van der Waals surface area contributed by atoms with Crippen molar-refractivity contribution in [1.82, 2.24) is 10.2 Å². The quantitative estimate of drug-likeness (QED) is 0.776. The smallest absolute Gasteiger partial charge is 0.223 e. The maximum absolute atomic E-state index is 12.4. The molecule has 0 radical (unpaired) electrons. The first-order valence-corrected chi connectivity index (χ1v) is 8.31. The van der Waals surface area contributed by atoms with Crippen molar-refractivity contribution in [1.29, 1.82) is 0 Å². The summed E-state index contributed by atoms with van der Waals surface area (Å²) in [5.74, 6) is 0.532. The van der Waals surface area contributed by atoms with Gasteiger partial charge in [0.1, 0.15) is 0 Å². The van der Waals surface area contributed by atoms with E-state index in [1.165, 1.54) is 0 Å². The molecule has 0 bridgehead atoms. The molecular weight excluding hydrogens is 369 g/mol. The monoisotopic (exact) mass is 395 g/mol. The second kappa shape index (κ2) is 11.2. The number of nitrogens with two attached hydrogens (primary N) is 1. The van der Waals surface area contributed by atoms with E-state index in [2.05, 4.69) is 10.2 Å². The maximum atomic E-state index is 12.4. The predicted octanol–water partition coefficient (Wildman–Crippen LogP) is 3.28. The Morgan fingerprint density at radius 2 is 2.00 bits per heavy atom. The molecule has 0 spiro atoms. The van der Waals surface area contributed by atoms with Crippen molar-refractivity contribution >= 4 is 42.3 Å². The lowest BCUT2D eigenvalue weighted by Gasteiger charge is -2.27. The van der Waals surface area contributed by atoms with Crippen LogP contribution >= 0.6 is 36.4 Å². The number of likely N-dealkylation sites (N-methyl/N-ethyl adjacent to an activating group) is 1. The zero-order valence-electron chi connectivity index (χ0n) is 14.2. The number of carbonyl (C=O) groups is 1. The molecule has 1 amide bonds. The van der Waals surface area contributed by atoms with Crippen LogP contribution in [0.1, 0.15) is 30.9 Å². The summed E-state index contributed by atoms with van der Waals surface area (Å²) in [5, 5.41) is 3.83. The molecule has 0 heterocycles. The third-order valence-electron chi connectivity index (χ3n) is 4.66. The van der Waals surface area contributed by atoms with E-state index in [1.807, 2.05) is 38.4 Å². The number of hydrogen-bond donors (Lipinski definition) is 2. The molecule has 1 aliphatic rings. The number of hydrogen-bond acceptors (Lipinski definition) is 3. The first-order chi connectivity index (χ1) is 10.5. The molecular formula is C17H28Cl3N3O. The van der Waals surface area contributed by atoms with Crippen LogP contribution in [0.5, 0.6) is 0 Å². The summed E-state index contributed by atoms with van der Waals surface area (Å²) < 4.78 is 0. The Morgan fingerprint density at radius 3 is 2.58 bits per heavy atom. The lowest BCUT2D eigenvalue weighted by Crippen LogP contribution is -2.39. The summed E-state index contributed by atoms with van der Waals surface area (Å²) >= 11 is 6.30. The summed E-state index contributed by atoms with van der Waals surface area (Å²) in [5.41, 5.74) is 6.81. The van der Waals surface area contributed by atoms with Crippen LogP contribution in [-0.2, 0) is 4.79 Å². The molecule has 3 atom stereocenters. The van der Waals surface area contributed by atoms with Gasteiger partial charge in [0.25, 0.3) is 0 Å². The van der Waals surface area contributed by atoms with Crippen molar-refractivity contribution in [3.05, 3.63) is 34.9 Å². The Hall–Kier alpha value is -0.520. The average Bonchev–Trinajstić information content (AvgIpc) is 2.97. The summed E-state index contributed by atoms with van der Waals surface area (Å²) in [6.07, 6.45) is 3.12. The van der Waals surface area contributed by atoms with Crippen LogP contribution in [0.2, 0.25) is 5.02 Å². The fourth-order valence-corrected chi connectivity index (χ4v) is 3.57. The van der Waals surface area contributed by atoms with Crippen molar-refractivity contribution < 1.29 is 4.79 Å². The lowest BCUT2D eigenvalue weighted by atomic mass is 9.95. The van der Waals surface area contributed by atoms with E-state index < -0.39 is 0 Å². The minimum atomic E-state index is 0. The van der Waals surface area contributed by atoms with Crippen molar-refractivity contribution in [2.45, 2.75) is 25.3 Å². The molecule has 1 aliphatic carbocycles. The van der Waals surface area contributed by atoms with Gasteiger partial charge in [-0.1, -0.05) is 36.2 Å². The van der Waals surface area contributed by atoms with Crippen LogP contribution in [0.3, 0.4) is 0 Å². The molecule has 4 nitrogen and oxygen atoms in total. The molecule has 138 valence electrons. The van der Waals surface area contributed by atoms with Crippen LogP contribution in [0.15, 0.2) is 24.3 Å². The van der Waals surface area contributed by atoms with Gasteiger partial charge in [-0.25, -0.2) is 0 Å². The first kappa shape index (κ1) is 23.5. The molecule has 1 aromatic rings.